The predicted molar refractivity (Wildman–Crippen MR) is 73.2 cm³/mol. The topological polar surface area (TPSA) is 58.4 Å². The molecule has 2 amide bonds. The van der Waals surface area contributed by atoms with Crippen molar-refractivity contribution in [2.24, 2.45) is 22.5 Å². The van der Waals surface area contributed by atoms with Crippen molar-refractivity contribution in [3.05, 3.63) is 0 Å². The number of nitrogens with two attached hydrogens (primary N) is 1. The van der Waals surface area contributed by atoms with Gasteiger partial charge in [-0.15, -0.1) is 0 Å². The van der Waals surface area contributed by atoms with Gasteiger partial charge in [-0.1, -0.05) is 27.7 Å². The van der Waals surface area contributed by atoms with Gasteiger partial charge in [-0.25, -0.2) is 4.79 Å². The summed E-state index contributed by atoms with van der Waals surface area (Å²) in [5, 5.41) is 3.68. The fourth-order valence-electron chi connectivity index (χ4n) is 3.43. The number of carbonyl (C=O) groups is 1. The number of carbonyl (C=O) groups excluding carboxylic acids is 1. The van der Waals surface area contributed by atoms with Crippen molar-refractivity contribution in [2.45, 2.75) is 46.6 Å². The van der Waals surface area contributed by atoms with E-state index >= 15 is 0 Å². The average molecular weight is 253 g/mol. The maximum atomic E-state index is 11.0. The van der Waals surface area contributed by atoms with Gasteiger partial charge in [0.15, 0.2) is 0 Å². The van der Waals surface area contributed by atoms with Gasteiger partial charge in [0.1, 0.15) is 0 Å². The van der Waals surface area contributed by atoms with Gasteiger partial charge in [0.25, 0.3) is 0 Å². The zero-order chi connectivity index (χ0) is 13.6. The molecular formula is C14H27N3O. The van der Waals surface area contributed by atoms with E-state index in [1.807, 2.05) is 0 Å². The number of urea groups is 1. The summed E-state index contributed by atoms with van der Waals surface area (Å²) in [6.07, 6.45) is 2.05. The van der Waals surface area contributed by atoms with Gasteiger partial charge in [-0.3, -0.25) is 0 Å². The number of likely N-dealkylation sites (tertiary alicyclic amines) is 1. The van der Waals surface area contributed by atoms with Gasteiger partial charge in [0.2, 0.25) is 0 Å². The Morgan fingerprint density at radius 3 is 2.11 bits per heavy atom. The third-order valence-electron chi connectivity index (χ3n) is 5.74. The van der Waals surface area contributed by atoms with E-state index < -0.39 is 0 Å². The number of hydrogen-bond donors (Lipinski definition) is 2. The van der Waals surface area contributed by atoms with Crippen LogP contribution in [-0.4, -0.2) is 36.6 Å². The third kappa shape index (κ3) is 2.22. The fourth-order valence-corrected chi connectivity index (χ4v) is 3.43. The van der Waals surface area contributed by atoms with E-state index in [-0.39, 0.29) is 6.03 Å². The summed E-state index contributed by atoms with van der Waals surface area (Å²) >= 11 is 0. The standard InChI is InChI=1S/C14H27N3O/c1-13(2)11(14(13,3)4)9-16-10-5-7-17(8-6-10)12(15)18/h10-11,16H,5-9H2,1-4H3,(H2,15,18). The van der Waals surface area contributed by atoms with Crippen LogP contribution < -0.4 is 11.1 Å². The first-order chi connectivity index (χ1) is 8.26. The molecule has 2 rings (SSSR count). The summed E-state index contributed by atoms with van der Waals surface area (Å²) < 4.78 is 0. The van der Waals surface area contributed by atoms with Gasteiger partial charge in [-0.2, -0.15) is 0 Å². The zero-order valence-electron chi connectivity index (χ0n) is 12.1. The van der Waals surface area contributed by atoms with E-state index in [1.165, 1.54) is 0 Å². The smallest absolute Gasteiger partial charge is 0.314 e. The largest absolute Gasteiger partial charge is 0.351 e. The number of primary amides is 1. The van der Waals surface area contributed by atoms with E-state index in [0.717, 1.165) is 38.4 Å². The van der Waals surface area contributed by atoms with Gasteiger partial charge in [0.05, 0.1) is 0 Å². The maximum Gasteiger partial charge on any atom is 0.314 e. The van der Waals surface area contributed by atoms with Crippen LogP contribution in [0.25, 0.3) is 0 Å². The van der Waals surface area contributed by atoms with Crippen LogP contribution in [0.4, 0.5) is 4.79 Å². The lowest BCUT2D eigenvalue weighted by atomic mass is 10.0. The van der Waals surface area contributed by atoms with Crippen LogP contribution in [0.1, 0.15) is 40.5 Å². The van der Waals surface area contributed by atoms with E-state index in [2.05, 4.69) is 33.0 Å². The molecule has 0 spiro atoms. The first kappa shape index (κ1) is 13.7. The molecule has 18 heavy (non-hydrogen) atoms. The average Bonchev–Trinajstić information content (AvgIpc) is 2.67. The molecule has 2 fully saturated rings. The van der Waals surface area contributed by atoms with Crippen LogP contribution in [0.15, 0.2) is 0 Å². The molecular weight excluding hydrogens is 226 g/mol. The number of piperidine rings is 1. The van der Waals surface area contributed by atoms with Crippen LogP contribution in [0.2, 0.25) is 0 Å². The van der Waals surface area contributed by atoms with Crippen molar-refractivity contribution >= 4 is 6.03 Å². The Bertz CT molecular complexity index is 316. The molecule has 0 bridgehead atoms. The summed E-state index contributed by atoms with van der Waals surface area (Å²) in [5.41, 5.74) is 6.19. The van der Waals surface area contributed by atoms with Crippen molar-refractivity contribution < 1.29 is 4.79 Å². The second-order valence-electron chi connectivity index (χ2n) is 7.00. The minimum atomic E-state index is -0.280. The van der Waals surface area contributed by atoms with Crippen LogP contribution >= 0.6 is 0 Å². The van der Waals surface area contributed by atoms with Crippen LogP contribution in [0.5, 0.6) is 0 Å². The van der Waals surface area contributed by atoms with Crippen LogP contribution in [0, 0.1) is 16.7 Å². The normalized spacial score (nSPS) is 27.2. The van der Waals surface area contributed by atoms with Crippen molar-refractivity contribution in [2.75, 3.05) is 19.6 Å². The molecule has 4 heteroatoms. The minimum Gasteiger partial charge on any atom is -0.351 e. The summed E-state index contributed by atoms with van der Waals surface area (Å²) in [5.74, 6) is 0.763. The van der Waals surface area contributed by atoms with E-state index in [1.54, 1.807) is 4.90 Å². The molecule has 0 aromatic rings. The molecule has 0 unspecified atom stereocenters. The Morgan fingerprint density at radius 2 is 1.72 bits per heavy atom. The van der Waals surface area contributed by atoms with E-state index in [0.29, 0.717) is 16.9 Å². The number of amides is 2. The van der Waals surface area contributed by atoms with E-state index in [9.17, 15) is 4.79 Å². The predicted octanol–water partition coefficient (Wildman–Crippen LogP) is 1.80. The summed E-state index contributed by atoms with van der Waals surface area (Å²) in [7, 11) is 0. The zero-order valence-corrected chi connectivity index (χ0v) is 12.1. The molecule has 104 valence electrons. The Balaban J connectivity index is 1.73. The summed E-state index contributed by atoms with van der Waals surface area (Å²) in [6.45, 7) is 12.1. The van der Waals surface area contributed by atoms with E-state index in [4.69, 9.17) is 5.73 Å². The van der Waals surface area contributed by atoms with Crippen molar-refractivity contribution in [3.63, 3.8) is 0 Å². The summed E-state index contributed by atoms with van der Waals surface area (Å²) in [4.78, 5) is 12.8. The molecule has 1 aliphatic heterocycles. The SMILES string of the molecule is CC1(C)C(CNC2CCN(C(N)=O)CC2)C1(C)C. The lowest BCUT2D eigenvalue weighted by Crippen LogP contribution is -2.47. The number of hydrogen-bond acceptors (Lipinski definition) is 2. The molecule has 0 aromatic carbocycles. The molecule has 1 saturated heterocycles. The second-order valence-corrected chi connectivity index (χ2v) is 7.00. The minimum absolute atomic E-state index is 0.280. The van der Waals surface area contributed by atoms with Gasteiger partial charge >= 0.3 is 6.03 Å². The van der Waals surface area contributed by atoms with Crippen LogP contribution in [0.3, 0.4) is 0 Å². The molecule has 0 radical (unpaired) electrons. The summed E-state index contributed by atoms with van der Waals surface area (Å²) in [6, 6.07) is 0.269. The van der Waals surface area contributed by atoms with Crippen molar-refractivity contribution in [1.82, 2.24) is 10.2 Å². The number of rotatable bonds is 3. The Labute approximate surface area is 110 Å². The highest BCUT2D eigenvalue weighted by Gasteiger charge is 2.63. The second kappa shape index (κ2) is 4.41. The first-order valence-electron chi connectivity index (χ1n) is 7.04. The van der Waals surface area contributed by atoms with Gasteiger partial charge in [-0.05, 0) is 36.1 Å². The molecule has 1 heterocycles. The lowest BCUT2D eigenvalue weighted by Gasteiger charge is -2.31. The van der Waals surface area contributed by atoms with Crippen LogP contribution in [-0.2, 0) is 0 Å². The van der Waals surface area contributed by atoms with Gasteiger partial charge in [0, 0.05) is 19.1 Å². The van der Waals surface area contributed by atoms with Crippen molar-refractivity contribution in [1.29, 1.82) is 0 Å². The molecule has 0 aromatic heterocycles. The highest BCUT2D eigenvalue weighted by Crippen LogP contribution is 2.67. The molecule has 1 saturated carbocycles. The van der Waals surface area contributed by atoms with Gasteiger partial charge < -0.3 is 16.0 Å². The number of nitrogens with one attached hydrogen (secondary N) is 1. The lowest BCUT2D eigenvalue weighted by molar-refractivity contribution is 0.184. The maximum absolute atomic E-state index is 11.0. The fraction of sp³-hybridized carbons (Fsp3) is 0.929. The Morgan fingerprint density at radius 1 is 1.22 bits per heavy atom. The molecule has 3 N–H and O–H groups in total. The number of nitrogens with zero attached hydrogens (tertiary/aromatic N) is 1. The monoisotopic (exact) mass is 253 g/mol. The molecule has 4 nitrogen and oxygen atoms in total. The Kier molecular flexibility index (Phi) is 3.34. The molecule has 2 aliphatic rings. The molecule has 1 aliphatic carbocycles. The highest BCUT2D eigenvalue weighted by molar-refractivity contribution is 5.72. The Hall–Kier alpha value is -0.770. The molecule has 0 atom stereocenters. The third-order valence-corrected chi connectivity index (χ3v) is 5.74. The highest BCUT2D eigenvalue weighted by atomic mass is 16.2. The first-order valence-corrected chi connectivity index (χ1v) is 7.04. The quantitative estimate of drug-likeness (QED) is 0.806. The van der Waals surface area contributed by atoms with Crippen molar-refractivity contribution in [3.8, 4) is 0 Å².